The Bertz CT molecular complexity index is 1320. The van der Waals surface area contributed by atoms with E-state index in [1.807, 2.05) is 0 Å². The summed E-state index contributed by atoms with van der Waals surface area (Å²) < 4.78 is 138. The highest BCUT2D eigenvalue weighted by molar-refractivity contribution is 5.66. The molecular weight excluding hydrogens is 563 g/mol. The molecule has 0 N–H and O–H groups in total. The molecule has 0 aromatic heterocycles. The van der Waals surface area contributed by atoms with Gasteiger partial charge in [-0.3, -0.25) is 0 Å². The van der Waals surface area contributed by atoms with E-state index in [-0.39, 0.29) is 42.4 Å². The van der Waals surface area contributed by atoms with Gasteiger partial charge in [-0.2, -0.15) is 8.78 Å². The first-order valence-electron chi connectivity index (χ1n) is 13.2. The Hall–Kier alpha value is -3.21. The summed E-state index contributed by atoms with van der Waals surface area (Å²) >= 11 is 0. The van der Waals surface area contributed by atoms with Crippen molar-refractivity contribution in [1.82, 2.24) is 0 Å². The molecule has 2 unspecified atom stereocenters. The zero-order chi connectivity index (χ0) is 29.9. The fraction of sp³-hybridized carbons (Fsp3) is 0.400. The van der Waals surface area contributed by atoms with Crippen molar-refractivity contribution in [3.63, 3.8) is 0 Å². The molecule has 0 bridgehead atoms. The van der Waals surface area contributed by atoms with E-state index < -0.39 is 69.3 Å². The second-order valence-electron chi connectivity index (χ2n) is 10.1. The smallest absolute Gasteiger partial charge is 0.429 e. The number of hydrogen-bond donors (Lipinski definition) is 0. The van der Waals surface area contributed by atoms with Crippen molar-refractivity contribution in [2.45, 2.75) is 64.1 Å². The monoisotopic (exact) mass is 590 g/mol. The Morgan fingerprint density at radius 1 is 0.780 bits per heavy atom. The molecule has 1 heterocycles. The van der Waals surface area contributed by atoms with Gasteiger partial charge >= 0.3 is 6.11 Å². The normalized spacial score (nSPS) is 17.6. The van der Waals surface area contributed by atoms with Gasteiger partial charge in [-0.1, -0.05) is 19.8 Å². The van der Waals surface area contributed by atoms with Crippen LogP contribution in [0, 0.1) is 46.6 Å². The Morgan fingerprint density at radius 2 is 1.39 bits per heavy atom. The molecule has 2 nitrogen and oxygen atoms in total. The van der Waals surface area contributed by atoms with Gasteiger partial charge in [-0.15, -0.1) is 0 Å². The van der Waals surface area contributed by atoms with Crippen molar-refractivity contribution >= 4 is 0 Å². The second-order valence-corrected chi connectivity index (χ2v) is 10.1. The van der Waals surface area contributed by atoms with Crippen LogP contribution in [0.15, 0.2) is 36.4 Å². The quantitative estimate of drug-likeness (QED) is 0.173. The average molecular weight is 591 g/mol. The maximum atomic E-state index is 14.9. The standard InChI is InChI=1S/C30H27F9O2/c1-2-3-4-16-5-7-19(40-15-16)8-6-17-9-21(31)27(22(32)10-17)18-11-23(33)28(24(34)12-18)30(38,39)41-20-13-25(35)29(37)26(36)14-20/h9-14,16,19H,2-8,15H2,1H3. The number of aryl methyl sites for hydroxylation is 1. The van der Waals surface area contributed by atoms with Crippen molar-refractivity contribution in [1.29, 1.82) is 0 Å². The molecule has 1 fully saturated rings. The van der Waals surface area contributed by atoms with E-state index in [1.54, 1.807) is 0 Å². The van der Waals surface area contributed by atoms with Crippen LogP contribution in [-0.2, 0) is 17.3 Å². The number of benzene rings is 3. The minimum Gasteiger partial charge on any atom is -0.429 e. The number of unbranched alkanes of at least 4 members (excludes halogenated alkanes) is 1. The highest BCUT2D eigenvalue weighted by Crippen LogP contribution is 2.39. The molecule has 222 valence electrons. The first-order chi connectivity index (χ1) is 19.4. The van der Waals surface area contributed by atoms with Crippen molar-refractivity contribution in [3.8, 4) is 16.9 Å². The first-order valence-corrected chi connectivity index (χ1v) is 13.2. The predicted octanol–water partition coefficient (Wildman–Crippen LogP) is 9.37. The van der Waals surface area contributed by atoms with Gasteiger partial charge in [0, 0.05) is 18.7 Å². The van der Waals surface area contributed by atoms with Crippen LogP contribution in [-0.4, -0.2) is 12.7 Å². The topological polar surface area (TPSA) is 18.5 Å². The van der Waals surface area contributed by atoms with E-state index in [2.05, 4.69) is 11.7 Å². The Labute approximate surface area is 231 Å². The lowest BCUT2D eigenvalue weighted by Crippen LogP contribution is -2.26. The first kappa shape index (κ1) is 30.7. The summed E-state index contributed by atoms with van der Waals surface area (Å²) in [5.41, 5.74) is -3.23. The highest BCUT2D eigenvalue weighted by Gasteiger charge is 2.42. The van der Waals surface area contributed by atoms with Gasteiger partial charge < -0.3 is 9.47 Å². The van der Waals surface area contributed by atoms with Crippen molar-refractivity contribution < 1.29 is 49.0 Å². The van der Waals surface area contributed by atoms with Crippen molar-refractivity contribution in [3.05, 3.63) is 88.2 Å². The van der Waals surface area contributed by atoms with E-state index in [0.29, 0.717) is 18.9 Å². The summed E-state index contributed by atoms with van der Waals surface area (Å²) in [5, 5.41) is 0. The molecule has 1 aliphatic heterocycles. The van der Waals surface area contributed by atoms with Crippen LogP contribution in [0.4, 0.5) is 39.5 Å². The molecule has 1 saturated heterocycles. The van der Waals surface area contributed by atoms with Crippen LogP contribution in [0.25, 0.3) is 11.1 Å². The van der Waals surface area contributed by atoms with E-state index in [0.717, 1.165) is 44.2 Å². The summed E-state index contributed by atoms with van der Waals surface area (Å²) in [4.78, 5) is 0. The van der Waals surface area contributed by atoms with Gasteiger partial charge in [-0.25, -0.2) is 30.7 Å². The maximum absolute atomic E-state index is 14.9. The molecule has 0 saturated carbocycles. The molecule has 4 rings (SSSR count). The molecular formula is C30H27F9O2. The van der Waals surface area contributed by atoms with Crippen LogP contribution in [0.1, 0.15) is 56.6 Å². The van der Waals surface area contributed by atoms with Gasteiger partial charge in [0.25, 0.3) is 0 Å². The third kappa shape index (κ3) is 7.17. The number of alkyl halides is 2. The van der Waals surface area contributed by atoms with Crippen molar-refractivity contribution in [2.24, 2.45) is 5.92 Å². The average Bonchev–Trinajstić information content (AvgIpc) is 2.88. The van der Waals surface area contributed by atoms with Crippen LogP contribution >= 0.6 is 0 Å². The maximum Gasteiger partial charge on any atom is 0.432 e. The molecule has 3 aromatic rings. The largest absolute Gasteiger partial charge is 0.432 e. The lowest BCUT2D eigenvalue weighted by atomic mass is 9.91. The van der Waals surface area contributed by atoms with Crippen LogP contribution in [0.2, 0.25) is 0 Å². The number of halogens is 9. The number of hydrogen-bond acceptors (Lipinski definition) is 2. The molecule has 0 aliphatic carbocycles. The van der Waals surface area contributed by atoms with Gasteiger partial charge in [0.05, 0.1) is 11.7 Å². The third-order valence-corrected chi connectivity index (χ3v) is 7.11. The molecule has 0 spiro atoms. The Balaban J connectivity index is 1.49. The van der Waals surface area contributed by atoms with E-state index in [4.69, 9.17) is 4.74 Å². The molecule has 3 aromatic carbocycles. The SMILES string of the molecule is CCCCC1CCC(CCc2cc(F)c(-c3cc(F)c(C(F)(F)Oc4cc(F)c(F)c(F)c4)c(F)c3)c(F)c2)OC1. The minimum atomic E-state index is -4.83. The third-order valence-electron chi connectivity index (χ3n) is 7.11. The lowest BCUT2D eigenvalue weighted by Gasteiger charge is -2.29. The van der Waals surface area contributed by atoms with E-state index in [9.17, 15) is 39.5 Å². The van der Waals surface area contributed by atoms with E-state index >= 15 is 0 Å². The number of rotatable bonds is 10. The van der Waals surface area contributed by atoms with Crippen molar-refractivity contribution in [2.75, 3.05) is 6.61 Å². The van der Waals surface area contributed by atoms with Crippen LogP contribution in [0.5, 0.6) is 5.75 Å². The predicted molar refractivity (Wildman–Crippen MR) is 133 cm³/mol. The molecule has 11 heteroatoms. The summed E-state index contributed by atoms with van der Waals surface area (Å²) in [6.07, 6.45) is 1.11. The zero-order valence-corrected chi connectivity index (χ0v) is 22.0. The van der Waals surface area contributed by atoms with Gasteiger partial charge in [0.1, 0.15) is 34.6 Å². The highest BCUT2D eigenvalue weighted by atomic mass is 19.3. The van der Waals surface area contributed by atoms with Crippen LogP contribution in [0.3, 0.4) is 0 Å². The minimum absolute atomic E-state index is 0.0545. The summed E-state index contributed by atoms with van der Waals surface area (Å²) in [5.74, 6) is -12.6. The molecule has 0 amide bonds. The Kier molecular flexibility index (Phi) is 9.56. The fourth-order valence-electron chi connectivity index (χ4n) is 4.97. The fourth-order valence-corrected chi connectivity index (χ4v) is 4.97. The summed E-state index contributed by atoms with van der Waals surface area (Å²) in [6.45, 7) is 2.76. The van der Waals surface area contributed by atoms with E-state index in [1.165, 1.54) is 0 Å². The number of ether oxygens (including phenoxy) is 2. The molecule has 0 radical (unpaired) electrons. The summed E-state index contributed by atoms with van der Waals surface area (Å²) in [6, 6.07) is 2.71. The van der Waals surface area contributed by atoms with Gasteiger partial charge in [0.15, 0.2) is 17.5 Å². The molecule has 2 atom stereocenters. The van der Waals surface area contributed by atoms with Gasteiger partial charge in [0.2, 0.25) is 0 Å². The Morgan fingerprint density at radius 3 is 1.93 bits per heavy atom. The zero-order valence-electron chi connectivity index (χ0n) is 22.0. The molecule has 1 aliphatic rings. The van der Waals surface area contributed by atoms with Gasteiger partial charge in [-0.05, 0) is 73.4 Å². The lowest BCUT2D eigenvalue weighted by molar-refractivity contribution is -0.189. The second kappa shape index (κ2) is 12.8. The molecule has 41 heavy (non-hydrogen) atoms. The summed E-state index contributed by atoms with van der Waals surface area (Å²) in [7, 11) is 0. The van der Waals surface area contributed by atoms with Crippen LogP contribution < -0.4 is 4.74 Å².